The van der Waals surface area contributed by atoms with Gasteiger partial charge >= 0.3 is 0 Å². The predicted octanol–water partition coefficient (Wildman–Crippen LogP) is 3.57. The minimum absolute atomic E-state index is 0.280. The topological polar surface area (TPSA) is 35.2 Å². The van der Waals surface area contributed by atoms with Crippen molar-refractivity contribution in [2.75, 3.05) is 6.61 Å². The van der Waals surface area contributed by atoms with Crippen molar-refractivity contribution >= 4 is 15.9 Å². The third kappa shape index (κ3) is 2.26. The Kier molecular flexibility index (Phi) is 3.29. The van der Waals surface area contributed by atoms with Gasteiger partial charge in [-0.1, -0.05) is 40.2 Å². The summed E-state index contributed by atoms with van der Waals surface area (Å²) in [6.45, 7) is 0.698. The van der Waals surface area contributed by atoms with Crippen LogP contribution in [0.15, 0.2) is 40.9 Å². The monoisotopic (exact) mass is 321 g/mol. The van der Waals surface area contributed by atoms with Gasteiger partial charge in [0.1, 0.15) is 11.6 Å². The SMILES string of the molecule is NC(c1ccc(F)cc1Br)c1cccc2c1OCC2. The van der Waals surface area contributed by atoms with E-state index in [0.29, 0.717) is 11.1 Å². The normalized spacial score (nSPS) is 14.9. The predicted molar refractivity (Wildman–Crippen MR) is 75.8 cm³/mol. The van der Waals surface area contributed by atoms with Gasteiger partial charge in [0, 0.05) is 16.5 Å². The van der Waals surface area contributed by atoms with Gasteiger partial charge in [-0.2, -0.15) is 0 Å². The first-order valence-corrected chi connectivity index (χ1v) is 6.91. The molecule has 1 heterocycles. The molecule has 4 heteroatoms. The van der Waals surface area contributed by atoms with Gasteiger partial charge in [-0.05, 0) is 23.3 Å². The Labute approximate surface area is 119 Å². The number of para-hydroxylation sites is 1. The molecule has 1 unspecified atom stereocenters. The summed E-state index contributed by atoms with van der Waals surface area (Å²) >= 11 is 3.36. The maximum atomic E-state index is 13.1. The zero-order chi connectivity index (χ0) is 13.4. The Bertz CT molecular complexity index is 630. The molecule has 19 heavy (non-hydrogen) atoms. The van der Waals surface area contributed by atoms with E-state index in [0.717, 1.165) is 23.3 Å². The van der Waals surface area contributed by atoms with Crippen molar-refractivity contribution in [3.05, 3.63) is 63.4 Å². The third-order valence-corrected chi connectivity index (χ3v) is 4.06. The van der Waals surface area contributed by atoms with Crippen molar-refractivity contribution < 1.29 is 9.13 Å². The van der Waals surface area contributed by atoms with Crippen LogP contribution in [0, 0.1) is 5.82 Å². The van der Waals surface area contributed by atoms with Crippen LogP contribution in [0.4, 0.5) is 4.39 Å². The summed E-state index contributed by atoms with van der Waals surface area (Å²) in [7, 11) is 0. The summed E-state index contributed by atoms with van der Waals surface area (Å²) in [5.74, 6) is 0.601. The molecule has 0 radical (unpaired) electrons. The summed E-state index contributed by atoms with van der Waals surface area (Å²) in [6.07, 6.45) is 0.917. The second-order valence-electron chi connectivity index (χ2n) is 4.58. The molecule has 2 nitrogen and oxygen atoms in total. The van der Waals surface area contributed by atoms with Crippen molar-refractivity contribution in [2.24, 2.45) is 5.73 Å². The molecule has 1 aliphatic rings. The van der Waals surface area contributed by atoms with Gasteiger partial charge in [-0.3, -0.25) is 0 Å². The van der Waals surface area contributed by atoms with Crippen molar-refractivity contribution in [1.29, 1.82) is 0 Å². The lowest BCUT2D eigenvalue weighted by atomic mass is 9.96. The summed E-state index contributed by atoms with van der Waals surface area (Å²) < 4.78 is 19.5. The minimum atomic E-state index is -0.331. The molecule has 1 atom stereocenters. The van der Waals surface area contributed by atoms with Gasteiger partial charge in [0.2, 0.25) is 0 Å². The van der Waals surface area contributed by atoms with E-state index in [-0.39, 0.29) is 11.9 Å². The molecule has 0 fully saturated rings. The lowest BCUT2D eigenvalue weighted by Gasteiger charge is -2.17. The average molecular weight is 322 g/mol. The Morgan fingerprint density at radius 2 is 2.05 bits per heavy atom. The van der Waals surface area contributed by atoms with Crippen molar-refractivity contribution in [1.82, 2.24) is 0 Å². The van der Waals surface area contributed by atoms with Crippen LogP contribution < -0.4 is 10.5 Å². The number of rotatable bonds is 2. The molecule has 0 aromatic heterocycles. The first kappa shape index (κ1) is 12.6. The fourth-order valence-electron chi connectivity index (χ4n) is 2.41. The van der Waals surface area contributed by atoms with E-state index < -0.39 is 0 Å². The van der Waals surface area contributed by atoms with Crippen LogP contribution >= 0.6 is 15.9 Å². The molecular formula is C15H13BrFNO. The Morgan fingerprint density at radius 1 is 1.21 bits per heavy atom. The Balaban J connectivity index is 2.05. The maximum Gasteiger partial charge on any atom is 0.127 e. The van der Waals surface area contributed by atoms with E-state index in [2.05, 4.69) is 22.0 Å². The van der Waals surface area contributed by atoms with Crippen LogP contribution in [0.25, 0.3) is 0 Å². The van der Waals surface area contributed by atoms with E-state index in [4.69, 9.17) is 10.5 Å². The first-order valence-electron chi connectivity index (χ1n) is 6.12. The second-order valence-corrected chi connectivity index (χ2v) is 5.43. The zero-order valence-corrected chi connectivity index (χ0v) is 11.8. The van der Waals surface area contributed by atoms with Gasteiger partial charge in [-0.25, -0.2) is 4.39 Å². The highest BCUT2D eigenvalue weighted by molar-refractivity contribution is 9.10. The van der Waals surface area contributed by atoms with Crippen molar-refractivity contribution in [2.45, 2.75) is 12.5 Å². The molecule has 2 aromatic rings. The molecule has 0 bridgehead atoms. The van der Waals surface area contributed by atoms with Crippen LogP contribution in [0.2, 0.25) is 0 Å². The lowest BCUT2D eigenvalue weighted by Crippen LogP contribution is -2.13. The standard InChI is InChI=1S/C15H13BrFNO/c16-13-8-10(17)4-5-11(13)14(18)12-3-1-2-9-6-7-19-15(9)12/h1-5,8,14H,6-7,18H2. The lowest BCUT2D eigenvalue weighted by molar-refractivity contribution is 0.352. The van der Waals surface area contributed by atoms with E-state index in [1.54, 1.807) is 6.07 Å². The summed E-state index contributed by atoms with van der Waals surface area (Å²) in [5, 5.41) is 0. The molecule has 0 amide bonds. The molecule has 0 saturated carbocycles. The van der Waals surface area contributed by atoms with E-state index in [9.17, 15) is 4.39 Å². The zero-order valence-electron chi connectivity index (χ0n) is 10.2. The quantitative estimate of drug-likeness (QED) is 0.917. The van der Waals surface area contributed by atoms with Gasteiger partial charge in [0.25, 0.3) is 0 Å². The van der Waals surface area contributed by atoms with E-state index in [1.807, 2.05) is 12.1 Å². The van der Waals surface area contributed by atoms with Crippen LogP contribution in [0.3, 0.4) is 0 Å². The van der Waals surface area contributed by atoms with Crippen LogP contribution in [0.1, 0.15) is 22.7 Å². The minimum Gasteiger partial charge on any atom is -0.493 e. The highest BCUT2D eigenvalue weighted by Gasteiger charge is 2.22. The summed E-state index contributed by atoms with van der Waals surface area (Å²) in [5.41, 5.74) is 9.29. The highest BCUT2D eigenvalue weighted by Crippen LogP contribution is 2.37. The first-order chi connectivity index (χ1) is 9.16. The number of hydrogen-bond acceptors (Lipinski definition) is 2. The fourth-order valence-corrected chi connectivity index (χ4v) is 3.00. The molecule has 2 aromatic carbocycles. The number of nitrogens with two attached hydrogens (primary N) is 1. The van der Waals surface area contributed by atoms with E-state index >= 15 is 0 Å². The summed E-state index contributed by atoms with van der Waals surface area (Å²) in [6, 6.07) is 10.2. The Morgan fingerprint density at radius 3 is 2.84 bits per heavy atom. The number of fused-ring (bicyclic) bond motifs is 1. The molecule has 0 saturated heterocycles. The largest absolute Gasteiger partial charge is 0.493 e. The molecule has 3 rings (SSSR count). The molecular weight excluding hydrogens is 309 g/mol. The maximum absolute atomic E-state index is 13.1. The average Bonchev–Trinajstić information content (AvgIpc) is 2.86. The molecule has 1 aliphatic heterocycles. The summed E-state index contributed by atoms with van der Waals surface area (Å²) in [4.78, 5) is 0. The number of benzene rings is 2. The number of hydrogen-bond donors (Lipinski definition) is 1. The second kappa shape index (κ2) is 4.94. The van der Waals surface area contributed by atoms with Crippen molar-refractivity contribution in [3.8, 4) is 5.75 Å². The molecule has 0 aliphatic carbocycles. The van der Waals surface area contributed by atoms with Crippen molar-refractivity contribution in [3.63, 3.8) is 0 Å². The van der Waals surface area contributed by atoms with Gasteiger partial charge in [0.15, 0.2) is 0 Å². The third-order valence-electron chi connectivity index (χ3n) is 3.38. The van der Waals surface area contributed by atoms with Crippen LogP contribution in [-0.4, -0.2) is 6.61 Å². The highest BCUT2D eigenvalue weighted by atomic mass is 79.9. The number of ether oxygens (including phenoxy) is 1. The van der Waals surface area contributed by atoms with Gasteiger partial charge < -0.3 is 10.5 Å². The van der Waals surface area contributed by atoms with E-state index in [1.165, 1.54) is 17.7 Å². The molecule has 0 spiro atoms. The molecule has 2 N–H and O–H groups in total. The fraction of sp³-hybridized carbons (Fsp3) is 0.200. The van der Waals surface area contributed by atoms with Crippen LogP contribution in [0.5, 0.6) is 5.75 Å². The smallest absolute Gasteiger partial charge is 0.127 e. The van der Waals surface area contributed by atoms with Crippen LogP contribution in [-0.2, 0) is 6.42 Å². The van der Waals surface area contributed by atoms with Gasteiger partial charge in [0.05, 0.1) is 12.6 Å². The molecule has 98 valence electrons. The Hall–Kier alpha value is -1.39. The van der Waals surface area contributed by atoms with Gasteiger partial charge in [-0.15, -0.1) is 0 Å². The number of halogens is 2.